The first kappa shape index (κ1) is 15.9. The van der Waals surface area contributed by atoms with Crippen molar-refractivity contribution in [2.75, 3.05) is 39.3 Å². The number of hydrogen-bond acceptors (Lipinski definition) is 3. The molecule has 0 unspecified atom stereocenters. The van der Waals surface area contributed by atoms with E-state index in [4.69, 9.17) is 0 Å². The smallest absolute Gasteiger partial charge is 0.234 e. The summed E-state index contributed by atoms with van der Waals surface area (Å²) in [5, 5.41) is 2.90. The van der Waals surface area contributed by atoms with E-state index in [1.807, 2.05) is 0 Å². The first-order valence-electron chi connectivity index (χ1n) is 7.55. The van der Waals surface area contributed by atoms with Gasteiger partial charge < -0.3 is 10.2 Å². The number of amides is 1. The van der Waals surface area contributed by atoms with Crippen LogP contribution in [-0.2, 0) is 11.3 Å². The SMILES string of the molecule is CCN1CCN(CC(=O)NCc2ccc(F)c(C)c2)CC1. The van der Waals surface area contributed by atoms with Crippen LogP contribution in [0.5, 0.6) is 0 Å². The van der Waals surface area contributed by atoms with Crippen LogP contribution in [0.3, 0.4) is 0 Å². The van der Waals surface area contributed by atoms with Crippen molar-refractivity contribution in [1.29, 1.82) is 0 Å². The Bertz CT molecular complexity index is 484. The van der Waals surface area contributed by atoms with Crippen molar-refractivity contribution < 1.29 is 9.18 Å². The predicted molar refractivity (Wildman–Crippen MR) is 81.5 cm³/mol. The fourth-order valence-electron chi connectivity index (χ4n) is 2.54. The van der Waals surface area contributed by atoms with Gasteiger partial charge in [-0.25, -0.2) is 4.39 Å². The van der Waals surface area contributed by atoms with Crippen molar-refractivity contribution in [3.8, 4) is 0 Å². The van der Waals surface area contributed by atoms with Gasteiger partial charge in [0.25, 0.3) is 0 Å². The fourth-order valence-corrected chi connectivity index (χ4v) is 2.54. The Morgan fingerprint density at radius 2 is 1.90 bits per heavy atom. The van der Waals surface area contributed by atoms with E-state index in [1.165, 1.54) is 6.07 Å². The van der Waals surface area contributed by atoms with Crippen molar-refractivity contribution >= 4 is 5.91 Å². The normalized spacial score (nSPS) is 16.9. The summed E-state index contributed by atoms with van der Waals surface area (Å²) in [7, 11) is 0. The highest BCUT2D eigenvalue weighted by Crippen LogP contribution is 2.09. The molecule has 0 spiro atoms. The number of likely N-dealkylation sites (N-methyl/N-ethyl adjacent to an activating group) is 1. The number of rotatable bonds is 5. The molecule has 0 saturated carbocycles. The van der Waals surface area contributed by atoms with E-state index < -0.39 is 0 Å². The predicted octanol–water partition coefficient (Wildman–Crippen LogP) is 1.39. The summed E-state index contributed by atoms with van der Waals surface area (Å²) < 4.78 is 13.2. The number of piperazine rings is 1. The van der Waals surface area contributed by atoms with Crippen LogP contribution in [-0.4, -0.2) is 55.0 Å². The van der Waals surface area contributed by atoms with Gasteiger partial charge in [0.05, 0.1) is 6.54 Å². The van der Waals surface area contributed by atoms with Gasteiger partial charge in [0, 0.05) is 32.7 Å². The maximum absolute atomic E-state index is 13.2. The van der Waals surface area contributed by atoms with Crippen molar-refractivity contribution in [2.24, 2.45) is 0 Å². The van der Waals surface area contributed by atoms with Gasteiger partial charge in [0.1, 0.15) is 5.82 Å². The van der Waals surface area contributed by atoms with Gasteiger partial charge in [-0.1, -0.05) is 19.1 Å². The Morgan fingerprint density at radius 3 is 2.52 bits per heavy atom. The van der Waals surface area contributed by atoms with Gasteiger partial charge >= 0.3 is 0 Å². The molecule has 1 saturated heterocycles. The molecule has 1 fully saturated rings. The second-order valence-corrected chi connectivity index (χ2v) is 5.57. The molecule has 1 aliphatic rings. The molecule has 1 aromatic carbocycles. The molecular weight excluding hydrogens is 269 g/mol. The summed E-state index contributed by atoms with van der Waals surface area (Å²) in [4.78, 5) is 16.5. The Hall–Kier alpha value is -1.46. The highest BCUT2D eigenvalue weighted by molar-refractivity contribution is 5.78. The molecule has 0 atom stereocenters. The van der Waals surface area contributed by atoms with Crippen LogP contribution in [0, 0.1) is 12.7 Å². The largest absolute Gasteiger partial charge is 0.351 e. The first-order chi connectivity index (χ1) is 10.1. The van der Waals surface area contributed by atoms with E-state index in [-0.39, 0.29) is 11.7 Å². The van der Waals surface area contributed by atoms with Crippen LogP contribution < -0.4 is 5.32 Å². The Kier molecular flexibility index (Phi) is 5.70. The van der Waals surface area contributed by atoms with Crippen LogP contribution in [0.2, 0.25) is 0 Å². The molecule has 1 N–H and O–H groups in total. The molecule has 0 aliphatic carbocycles. The van der Waals surface area contributed by atoms with Crippen molar-refractivity contribution in [3.63, 3.8) is 0 Å². The zero-order valence-corrected chi connectivity index (χ0v) is 12.9. The average Bonchev–Trinajstić information content (AvgIpc) is 2.49. The molecule has 1 amide bonds. The van der Waals surface area contributed by atoms with Crippen LogP contribution in [0.25, 0.3) is 0 Å². The summed E-state index contributed by atoms with van der Waals surface area (Å²) in [5.41, 5.74) is 1.54. The lowest BCUT2D eigenvalue weighted by atomic mass is 10.1. The molecule has 116 valence electrons. The molecule has 21 heavy (non-hydrogen) atoms. The highest BCUT2D eigenvalue weighted by atomic mass is 19.1. The average molecular weight is 293 g/mol. The number of carbonyl (C=O) groups is 1. The highest BCUT2D eigenvalue weighted by Gasteiger charge is 2.17. The number of carbonyl (C=O) groups excluding carboxylic acids is 1. The Morgan fingerprint density at radius 1 is 1.24 bits per heavy atom. The number of nitrogens with zero attached hydrogens (tertiary/aromatic N) is 2. The summed E-state index contributed by atoms with van der Waals surface area (Å²) in [6.45, 7) is 9.80. The molecule has 1 heterocycles. The molecule has 4 nitrogen and oxygen atoms in total. The maximum Gasteiger partial charge on any atom is 0.234 e. The van der Waals surface area contributed by atoms with E-state index in [0.29, 0.717) is 18.7 Å². The quantitative estimate of drug-likeness (QED) is 0.891. The zero-order valence-electron chi connectivity index (χ0n) is 12.9. The van der Waals surface area contributed by atoms with Gasteiger partial charge in [-0.3, -0.25) is 9.69 Å². The summed E-state index contributed by atoms with van der Waals surface area (Å²) in [6, 6.07) is 4.93. The number of benzene rings is 1. The third kappa shape index (κ3) is 4.79. The molecule has 1 aliphatic heterocycles. The van der Waals surface area contributed by atoms with Crippen LogP contribution >= 0.6 is 0 Å². The molecular formula is C16H24FN3O. The van der Waals surface area contributed by atoms with E-state index >= 15 is 0 Å². The zero-order chi connectivity index (χ0) is 15.2. The van der Waals surface area contributed by atoms with Gasteiger partial charge in [0.15, 0.2) is 0 Å². The number of nitrogens with one attached hydrogen (secondary N) is 1. The molecule has 1 aromatic rings. The van der Waals surface area contributed by atoms with Crippen molar-refractivity contribution in [1.82, 2.24) is 15.1 Å². The lowest BCUT2D eigenvalue weighted by molar-refractivity contribution is -0.122. The van der Waals surface area contributed by atoms with Crippen molar-refractivity contribution in [3.05, 3.63) is 35.1 Å². The Balaban J connectivity index is 1.73. The number of hydrogen-bond donors (Lipinski definition) is 1. The maximum atomic E-state index is 13.2. The van der Waals surface area contributed by atoms with Crippen LogP contribution in [0.4, 0.5) is 4.39 Å². The second kappa shape index (κ2) is 7.52. The lowest BCUT2D eigenvalue weighted by Crippen LogP contribution is -2.49. The van der Waals surface area contributed by atoms with E-state index in [1.54, 1.807) is 19.1 Å². The van der Waals surface area contributed by atoms with Crippen molar-refractivity contribution in [2.45, 2.75) is 20.4 Å². The molecule has 0 bridgehead atoms. The third-order valence-corrected chi connectivity index (χ3v) is 3.99. The summed E-state index contributed by atoms with van der Waals surface area (Å²) >= 11 is 0. The second-order valence-electron chi connectivity index (χ2n) is 5.57. The minimum atomic E-state index is -0.209. The molecule has 5 heteroatoms. The number of halogens is 1. The standard InChI is InChI=1S/C16H24FN3O/c1-3-19-6-8-20(9-7-19)12-16(21)18-11-14-4-5-15(17)13(2)10-14/h4-5,10H,3,6-9,11-12H2,1-2H3,(H,18,21). The van der Waals surface area contributed by atoms with Crippen LogP contribution in [0.1, 0.15) is 18.1 Å². The van der Waals surface area contributed by atoms with E-state index in [9.17, 15) is 9.18 Å². The monoisotopic (exact) mass is 293 g/mol. The topological polar surface area (TPSA) is 35.6 Å². The van der Waals surface area contributed by atoms with E-state index in [2.05, 4.69) is 22.0 Å². The third-order valence-electron chi connectivity index (χ3n) is 3.99. The summed E-state index contributed by atoms with van der Waals surface area (Å²) in [6.07, 6.45) is 0. The fraction of sp³-hybridized carbons (Fsp3) is 0.562. The minimum absolute atomic E-state index is 0.0296. The lowest BCUT2D eigenvalue weighted by Gasteiger charge is -2.33. The summed E-state index contributed by atoms with van der Waals surface area (Å²) in [5.74, 6) is -0.180. The minimum Gasteiger partial charge on any atom is -0.351 e. The Labute approximate surface area is 125 Å². The number of aryl methyl sites for hydroxylation is 1. The van der Waals surface area contributed by atoms with Gasteiger partial charge in [-0.15, -0.1) is 0 Å². The molecule has 0 aromatic heterocycles. The van der Waals surface area contributed by atoms with Gasteiger partial charge in [-0.2, -0.15) is 0 Å². The molecule has 2 rings (SSSR count). The van der Waals surface area contributed by atoms with Crippen LogP contribution in [0.15, 0.2) is 18.2 Å². The van der Waals surface area contributed by atoms with Gasteiger partial charge in [0.2, 0.25) is 5.91 Å². The molecule has 0 radical (unpaired) electrons. The van der Waals surface area contributed by atoms with E-state index in [0.717, 1.165) is 38.3 Å². The first-order valence-corrected chi connectivity index (χ1v) is 7.55. The van der Waals surface area contributed by atoms with Gasteiger partial charge in [-0.05, 0) is 30.7 Å².